The summed E-state index contributed by atoms with van der Waals surface area (Å²) in [6, 6.07) is 6.45. The second kappa shape index (κ2) is 6.31. The van der Waals surface area contributed by atoms with E-state index in [0.29, 0.717) is 11.4 Å². The Morgan fingerprint density at radius 1 is 1.42 bits per heavy atom. The molecule has 0 bridgehead atoms. The number of nitrogens with two attached hydrogens (primary N) is 1. The van der Waals surface area contributed by atoms with Crippen molar-refractivity contribution in [2.45, 2.75) is 12.6 Å². The number of likely N-dealkylation sites (N-methyl/N-ethyl adjacent to an activating group) is 1. The molecular weight excluding hydrogens is 261 g/mol. The van der Waals surface area contributed by atoms with E-state index in [0.717, 1.165) is 4.90 Å². The lowest BCUT2D eigenvalue weighted by molar-refractivity contribution is -0.145. The van der Waals surface area contributed by atoms with Crippen molar-refractivity contribution in [2.75, 3.05) is 25.9 Å². The molecule has 0 spiro atoms. The Hall–Kier alpha value is -1.92. The fourth-order valence-corrected chi connectivity index (χ4v) is 1.28. The van der Waals surface area contributed by atoms with Crippen LogP contribution in [0.4, 0.5) is 18.9 Å². The van der Waals surface area contributed by atoms with Crippen LogP contribution < -0.4 is 10.5 Å². The molecule has 0 aliphatic carbocycles. The number of rotatable bonds is 5. The average Bonchev–Trinajstić information content (AvgIpc) is 2.32. The Kier molecular flexibility index (Phi) is 5.02. The zero-order valence-corrected chi connectivity index (χ0v) is 10.4. The lowest BCUT2D eigenvalue weighted by Crippen LogP contribution is -2.34. The molecule has 0 aliphatic heterocycles. The fraction of sp³-hybridized carbons (Fsp3) is 0.417. The van der Waals surface area contributed by atoms with Crippen LogP contribution in [0.1, 0.15) is 6.42 Å². The predicted octanol–water partition coefficient (Wildman–Crippen LogP) is 2.06. The standard InChI is InChI=1S/C12H15F3N2O2/c1-17(6-5-12(13,14)15)11(18)8-19-10-4-2-3-9(16)7-10/h2-4,7H,5-6,8,16H2,1H3. The van der Waals surface area contributed by atoms with E-state index in [-0.39, 0.29) is 13.2 Å². The number of carbonyl (C=O) groups is 1. The topological polar surface area (TPSA) is 55.6 Å². The smallest absolute Gasteiger partial charge is 0.390 e. The molecule has 0 heterocycles. The Bertz CT molecular complexity index is 435. The van der Waals surface area contributed by atoms with Gasteiger partial charge in [-0.25, -0.2) is 0 Å². The SMILES string of the molecule is CN(CCC(F)(F)F)C(=O)COc1cccc(N)c1. The van der Waals surface area contributed by atoms with Crippen LogP contribution in [0.3, 0.4) is 0 Å². The minimum Gasteiger partial charge on any atom is -0.484 e. The first-order valence-corrected chi connectivity index (χ1v) is 5.57. The molecule has 0 unspecified atom stereocenters. The number of halogens is 3. The molecule has 0 aromatic heterocycles. The summed E-state index contributed by atoms with van der Waals surface area (Å²) >= 11 is 0. The summed E-state index contributed by atoms with van der Waals surface area (Å²) in [5.41, 5.74) is 6.00. The maximum Gasteiger partial charge on any atom is 0.390 e. The van der Waals surface area contributed by atoms with Gasteiger partial charge in [-0.15, -0.1) is 0 Å². The van der Waals surface area contributed by atoms with Crippen LogP contribution in [0, 0.1) is 0 Å². The number of benzene rings is 1. The number of amides is 1. The zero-order valence-electron chi connectivity index (χ0n) is 10.4. The van der Waals surface area contributed by atoms with E-state index in [1.54, 1.807) is 18.2 Å². The average molecular weight is 276 g/mol. The highest BCUT2D eigenvalue weighted by atomic mass is 19.4. The maximum absolute atomic E-state index is 12.0. The normalized spacial score (nSPS) is 11.2. The van der Waals surface area contributed by atoms with Gasteiger partial charge in [0.05, 0.1) is 6.42 Å². The molecule has 0 fully saturated rings. The summed E-state index contributed by atoms with van der Waals surface area (Å²) in [5, 5.41) is 0. The van der Waals surface area contributed by atoms with Crippen molar-refractivity contribution < 1.29 is 22.7 Å². The van der Waals surface area contributed by atoms with Crippen LogP contribution in [0.5, 0.6) is 5.75 Å². The van der Waals surface area contributed by atoms with Gasteiger partial charge in [0.2, 0.25) is 0 Å². The molecular formula is C12H15F3N2O2. The van der Waals surface area contributed by atoms with Crippen LogP contribution in [0.2, 0.25) is 0 Å². The summed E-state index contributed by atoms with van der Waals surface area (Å²) < 4.78 is 41.1. The van der Waals surface area contributed by atoms with E-state index >= 15 is 0 Å². The van der Waals surface area contributed by atoms with E-state index in [9.17, 15) is 18.0 Å². The number of anilines is 1. The summed E-state index contributed by atoms with van der Waals surface area (Å²) in [6.07, 6.45) is -5.31. The molecule has 0 saturated carbocycles. The molecule has 0 radical (unpaired) electrons. The van der Waals surface area contributed by atoms with Gasteiger partial charge in [0, 0.05) is 25.3 Å². The number of alkyl halides is 3. The predicted molar refractivity (Wildman–Crippen MR) is 64.7 cm³/mol. The number of carbonyl (C=O) groups excluding carboxylic acids is 1. The summed E-state index contributed by atoms with van der Waals surface area (Å²) in [7, 11) is 1.30. The first-order chi connectivity index (χ1) is 8.78. The summed E-state index contributed by atoms with van der Waals surface area (Å²) in [4.78, 5) is 12.5. The molecule has 1 aromatic rings. The van der Waals surface area contributed by atoms with Gasteiger partial charge in [0.15, 0.2) is 6.61 Å². The van der Waals surface area contributed by atoms with Gasteiger partial charge >= 0.3 is 6.18 Å². The van der Waals surface area contributed by atoms with Crippen LogP contribution in [0.25, 0.3) is 0 Å². The zero-order chi connectivity index (χ0) is 14.5. The van der Waals surface area contributed by atoms with Gasteiger partial charge in [0.1, 0.15) is 5.75 Å². The largest absolute Gasteiger partial charge is 0.484 e. The molecule has 4 nitrogen and oxygen atoms in total. The van der Waals surface area contributed by atoms with Gasteiger partial charge in [-0.2, -0.15) is 13.2 Å². The highest BCUT2D eigenvalue weighted by molar-refractivity contribution is 5.77. The number of hydrogen-bond donors (Lipinski definition) is 1. The molecule has 106 valence electrons. The summed E-state index contributed by atoms with van der Waals surface area (Å²) in [5.74, 6) is -0.121. The second-order valence-electron chi connectivity index (χ2n) is 4.04. The van der Waals surface area contributed by atoms with Crippen molar-refractivity contribution in [1.82, 2.24) is 4.90 Å². The number of nitrogens with zero attached hydrogens (tertiary/aromatic N) is 1. The quantitative estimate of drug-likeness (QED) is 0.837. The van der Waals surface area contributed by atoms with Crippen molar-refractivity contribution in [1.29, 1.82) is 0 Å². The van der Waals surface area contributed by atoms with Gasteiger partial charge < -0.3 is 15.4 Å². The van der Waals surface area contributed by atoms with Gasteiger partial charge in [0.25, 0.3) is 5.91 Å². The molecule has 1 amide bonds. The van der Waals surface area contributed by atoms with Gasteiger partial charge in [-0.1, -0.05) is 6.07 Å². The fourth-order valence-electron chi connectivity index (χ4n) is 1.28. The molecule has 1 rings (SSSR count). The first-order valence-electron chi connectivity index (χ1n) is 5.57. The minimum absolute atomic E-state index is 0.322. The highest BCUT2D eigenvalue weighted by Gasteiger charge is 2.28. The van der Waals surface area contributed by atoms with Crippen molar-refractivity contribution in [3.05, 3.63) is 24.3 Å². The Balaban J connectivity index is 2.38. The Morgan fingerprint density at radius 3 is 2.68 bits per heavy atom. The second-order valence-corrected chi connectivity index (χ2v) is 4.04. The molecule has 0 aliphatic rings. The number of hydrogen-bond acceptors (Lipinski definition) is 3. The van der Waals surface area contributed by atoms with E-state index in [1.807, 2.05) is 0 Å². The van der Waals surface area contributed by atoms with E-state index in [4.69, 9.17) is 10.5 Å². The number of ether oxygens (including phenoxy) is 1. The van der Waals surface area contributed by atoms with E-state index < -0.39 is 18.5 Å². The Morgan fingerprint density at radius 2 is 2.11 bits per heavy atom. The van der Waals surface area contributed by atoms with Crippen LogP contribution in [-0.4, -0.2) is 37.2 Å². The van der Waals surface area contributed by atoms with Crippen molar-refractivity contribution >= 4 is 11.6 Å². The van der Waals surface area contributed by atoms with Crippen LogP contribution in [0.15, 0.2) is 24.3 Å². The molecule has 0 atom stereocenters. The van der Waals surface area contributed by atoms with Crippen LogP contribution >= 0.6 is 0 Å². The van der Waals surface area contributed by atoms with Crippen molar-refractivity contribution in [3.8, 4) is 5.75 Å². The molecule has 1 aromatic carbocycles. The molecule has 19 heavy (non-hydrogen) atoms. The lowest BCUT2D eigenvalue weighted by atomic mass is 10.3. The third kappa shape index (κ3) is 5.98. The van der Waals surface area contributed by atoms with E-state index in [1.165, 1.54) is 13.1 Å². The van der Waals surface area contributed by atoms with Crippen molar-refractivity contribution in [3.63, 3.8) is 0 Å². The van der Waals surface area contributed by atoms with Crippen molar-refractivity contribution in [2.24, 2.45) is 0 Å². The van der Waals surface area contributed by atoms with E-state index in [2.05, 4.69) is 0 Å². The number of nitrogen functional groups attached to an aromatic ring is 1. The monoisotopic (exact) mass is 276 g/mol. The highest BCUT2D eigenvalue weighted by Crippen LogP contribution is 2.19. The molecule has 2 N–H and O–H groups in total. The third-order valence-electron chi connectivity index (χ3n) is 2.38. The van der Waals surface area contributed by atoms with Gasteiger partial charge in [-0.3, -0.25) is 4.79 Å². The lowest BCUT2D eigenvalue weighted by Gasteiger charge is -2.18. The first kappa shape index (κ1) is 15.1. The Labute approximate surface area is 108 Å². The molecule has 7 heteroatoms. The maximum atomic E-state index is 12.0. The third-order valence-corrected chi connectivity index (χ3v) is 2.38. The summed E-state index contributed by atoms with van der Waals surface area (Å²) in [6.45, 7) is -0.708. The van der Waals surface area contributed by atoms with Gasteiger partial charge in [-0.05, 0) is 12.1 Å². The minimum atomic E-state index is -4.27. The van der Waals surface area contributed by atoms with Crippen LogP contribution in [-0.2, 0) is 4.79 Å². The molecule has 0 saturated heterocycles.